The van der Waals surface area contributed by atoms with Crippen molar-refractivity contribution in [3.8, 4) is 5.75 Å². The third kappa shape index (κ3) is 3.54. The molecule has 0 aliphatic heterocycles. The van der Waals surface area contributed by atoms with Gasteiger partial charge in [-0.15, -0.1) is 0 Å². The third-order valence-electron chi connectivity index (χ3n) is 3.55. The fourth-order valence-electron chi connectivity index (χ4n) is 2.44. The lowest BCUT2D eigenvalue weighted by Crippen LogP contribution is -1.99. The maximum Gasteiger partial charge on any atom is 0.134 e. The van der Waals surface area contributed by atoms with Gasteiger partial charge in [0.15, 0.2) is 0 Å². The molecule has 2 aromatic carbocycles. The molecule has 1 aromatic heterocycles. The molecule has 4 heteroatoms. The van der Waals surface area contributed by atoms with Gasteiger partial charge in [0.2, 0.25) is 0 Å². The monoisotopic (exact) mass is 368 g/mol. The minimum Gasteiger partial charge on any atom is -0.497 e. The Morgan fingerprint density at radius 1 is 1.17 bits per heavy atom. The zero-order chi connectivity index (χ0) is 16.2. The first-order chi connectivity index (χ1) is 11.2. The molecule has 0 atom stereocenters. The van der Waals surface area contributed by atoms with E-state index in [1.165, 1.54) is 0 Å². The van der Waals surface area contributed by atoms with Gasteiger partial charge < -0.3 is 9.30 Å². The zero-order valence-electron chi connectivity index (χ0n) is 12.9. The number of allylic oxidation sites excluding steroid dienone is 1. The Bertz CT molecular complexity index is 863. The van der Waals surface area contributed by atoms with E-state index in [1.54, 1.807) is 7.11 Å². The highest BCUT2D eigenvalue weighted by Gasteiger charge is 2.08. The minimum atomic E-state index is 0.683. The minimum absolute atomic E-state index is 0.683. The molecule has 0 N–H and O–H groups in total. The van der Waals surface area contributed by atoms with Crippen LogP contribution in [0.4, 0.5) is 0 Å². The van der Waals surface area contributed by atoms with E-state index in [9.17, 15) is 0 Å². The van der Waals surface area contributed by atoms with E-state index in [0.29, 0.717) is 6.54 Å². The van der Waals surface area contributed by atoms with E-state index >= 15 is 0 Å². The smallest absolute Gasteiger partial charge is 0.134 e. The summed E-state index contributed by atoms with van der Waals surface area (Å²) in [4.78, 5) is 4.70. The highest BCUT2D eigenvalue weighted by Crippen LogP contribution is 2.21. The second kappa shape index (κ2) is 6.84. The highest BCUT2D eigenvalue weighted by atomic mass is 79.9. The Hall–Kier alpha value is -2.33. The number of methoxy groups -OCH3 is 1. The fraction of sp³-hybridized carbons (Fsp3) is 0.105. The van der Waals surface area contributed by atoms with Crippen molar-refractivity contribution in [2.75, 3.05) is 7.11 Å². The number of hydrogen-bond donors (Lipinski definition) is 0. The largest absolute Gasteiger partial charge is 0.497 e. The van der Waals surface area contributed by atoms with Gasteiger partial charge in [0.1, 0.15) is 11.6 Å². The Kier molecular flexibility index (Phi) is 4.63. The molecule has 3 aromatic rings. The first-order valence-corrected chi connectivity index (χ1v) is 8.07. The second-order valence-electron chi connectivity index (χ2n) is 5.17. The standard InChI is InChI=1S/C19H17BrN2O/c1-14(20)13-22-18-6-4-3-5-17(18)21-19(22)12-9-15-7-10-16(23-2)11-8-15/h3-12H,1,13H2,2H3/b12-9+. The van der Waals surface area contributed by atoms with Crippen molar-refractivity contribution in [3.63, 3.8) is 0 Å². The molecule has 0 saturated carbocycles. The van der Waals surface area contributed by atoms with Crippen molar-refractivity contribution in [2.24, 2.45) is 0 Å². The summed E-state index contributed by atoms with van der Waals surface area (Å²) in [5.41, 5.74) is 3.18. The quantitative estimate of drug-likeness (QED) is 0.624. The van der Waals surface area contributed by atoms with E-state index in [0.717, 1.165) is 32.7 Å². The van der Waals surface area contributed by atoms with Gasteiger partial charge in [-0.1, -0.05) is 52.9 Å². The number of nitrogens with zero attached hydrogens (tertiary/aromatic N) is 2. The number of benzene rings is 2. The molecule has 1 heterocycles. The molecule has 0 aliphatic carbocycles. The molecule has 3 nitrogen and oxygen atoms in total. The predicted molar refractivity (Wildman–Crippen MR) is 99.7 cm³/mol. The van der Waals surface area contributed by atoms with Crippen LogP contribution in [0.25, 0.3) is 23.2 Å². The maximum absolute atomic E-state index is 5.18. The first kappa shape index (κ1) is 15.6. The summed E-state index contributed by atoms with van der Waals surface area (Å²) in [5, 5.41) is 0. The number of halogens is 1. The van der Waals surface area contributed by atoms with Crippen molar-refractivity contribution in [1.29, 1.82) is 0 Å². The second-order valence-corrected chi connectivity index (χ2v) is 6.29. The number of fused-ring (bicyclic) bond motifs is 1. The van der Waals surface area contributed by atoms with Gasteiger partial charge in [-0.2, -0.15) is 0 Å². The number of hydrogen-bond acceptors (Lipinski definition) is 2. The summed E-state index contributed by atoms with van der Waals surface area (Å²) < 4.78 is 8.24. The van der Waals surface area contributed by atoms with Crippen LogP contribution in [0.5, 0.6) is 5.75 Å². The van der Waals surface area contributed by atoms with Crippen LogP contribution < -0.4 is 4.74 Å². The van der Waals surface area contributed by atoms with E-state index in [-0.39, 0.29) is 0 Å². The SMILES string of the molecule is C=C(Br)Cn1c(/C=C/c2ccc(OC)cc2)nc2ccccc21. The van der Waals surface area contributed by atoms with Crippen molar-refractivity contribution >= 4 is 39.1 Å². The maximum atomic E-state index is 5.18. The average Bonchev–Trinajstić information content (AvgIpc) is 2.91. The van der Waals surface area contributed by atoms with Crippen molar-refractivity contribution < 1.29 is 4.74 Å². The third-order valence-corrected chi connectivity index (χ3v) is 3.81. The number of para-hydroxylation sites is 2. The molecule has 0 saturated heterocycles. The van der Waals surface area contributed by atoms with Crippen LogP contribution in [0.1, 0.15) is 11.4 Å². The number of rotatable bonds is 5. The van der Waals surface area contributed by atoms with Crippen molar-refractivity contribution in [1.82, 2.24) is 9.55 Å². The lowest BCUT2D eigenvalue weighted by atomic mass is 10.2. The summed E-state index contributed by atoms with van der Waals surface area (Å²) in [6, 6.07) is 16.0. The molecule has 3 rings (SSSR count). The van der Waals surface area contributed by atoms with Gasteiger partial charge in [0.25, 0.3) is 0 Å². The van der Waals surface area contributed by atoms with E-state index < -0.39 is 0 Å². The predicted octanol–water partition coefficient (Wildman–Crippen LogP) is 5.12. The Morgan fingerprint density at radius 2 is 1.91 bits per heavy atom. The van der Waals surface area contributed by atoms with E-state index in [1.807, 2.05) is 54.6 Å². The van der Waals surface area contributed by atoms with Gasteiger partial charge in [0.05, 0.1) is 24.7 Å². The molecule has 0 spiro atoms. The number of aromatic nitrogens is 2. The average molecular weight is 369 g/mol. The van der Waals surface area contributed by atoms with Crippen LogP contribution in [0.2, 0.25) is 0 Å². The van der Waals surface area contributed by atoms with Crippen LogP contribution >= 0.6 is 15.9 Å². The molecule has 0 aliphatic rings. The van der Waals surface area contributed by atoms with Gasteiger partial charge in [-0.3, -0.25) is 0 Å². The lowest BCUT2D eigenvalue weighted by molar-refractivity contribution is 0.415. The summed E-state index contributed by atoms with van der Waals surface area (Å²) >= 11 is 3.45. The molecule has 0 amide bonds. The van der Waals surface area contributed by atoms with Crippen molar-refractivity contribution in [3.05, 3.63) is 71.0 Å². The molecular formula is C19H17BrN2O. The highest BCUT2D eigenvalue weighted by molar-refractivity contribution is 9.11. The summed E-state index contributed by atoms with van der Waals surface area (Å²) in [5.74, 6) is 1.76. The molecule has 116 valence electrons. The Balaban J connectivity index is 1.97. The Labute approximate surface area is 144 Å². The van der Waals surface area contributed by atoms with Crippen LogP contribution in [0.3, 0.4) is 0 Å². The van der Waals surface area contributed by atoms with Crippen LogP contribution in [-0.2, 0) is 6.54 Å². The lowest BCUT2D eigenvalue weighted by Gasteiger charge is -2.05. The Morgan fingerprint density at radius 3 is 2.61 bits per heavy atom. The molecule has 0 fully saturated rings. The van der Waals surface area contributed by atoms with Crippen LogP contribution in [-0.4, -0.2) is 16.7 Å². The van der Waals surface area contributed by atoms with Gasteiger partial charge >= 0.3 is 0 Å². The molecule has 0 radical (unpaired) electrons. The van der Waals surface area contributed by atoms with Gasteiger partial charge in [0, 0.05) is 4.48 Å². The van der Waals surface area contributed by atoms with E-state index in [2.05, 4.69) is 33.1 Å². The van der Waals surface area contributed by atoms with Gasteiger partial charge in [-0.25, -0.2) is 4.98 Å². The van der Waals surface area contributed by atoms with Crippen LogP contribution in [0.15, 0.2) is 59.6 Å². The van der Waals surface area contributed by atoms with Gasteiger partial charge in [-0.05, 0) is 35.9 Å². The normalized spacial score (nSPS) is 11.2. The van der Waals surface area contributed by atoms with Crippen LogP contribution in [0, 0.1) is 0 Å². The topological polar surface area (TPSA) is 27.1 Å². The summed E-state index contributed by atoms with van der Waals surface area (Å²) in [6.07, 6.45) is 4.08. The molecule has 23 heavy (non-hydrogen) atoms. The number of imidazole rings is 1. The number of ether oxygens (including phenoxy) is 1. The molecule has 0 bridgehead atoms. The molecular weight excluding hydrogens is 352 g/mol. The van der Waals surface area contributed by atoms with Crippen molar-refractivity contribution in [2.45, 2.75) is 6.54 Å². The zero-order valence-corrected chi connectivity index (χ0v) is 14.5. The first-order valence-electron chi connectivity index (χ1n) is 7.28. The summed E-state index contributed by atoms with van der Waals surface area (Å²) in [6.45, 7) is 4.63. The summed E-state index contributed by atoms with van der Waals surface area (Å²) in [7, 11) is 1.67. The van der Waals surface area contributed by atoms with E-state index in [4.69, 9.17) is 9.72 Å². The fourth-order valence-corrected chi connectivity index (χ4v) is 2.70. The molecule has 0 unspecified atom stereocenters.